The van der Waals surface area contributed by atoms with Crippen molar-refractivity contribution >= 4 is 0 Å². The van der Waals surface area contributed by atoms with E-state index in [1.54, 1.807) is 0 Å². The lowest BCUT2D eigenvalue weighted by molar-refractivity contribution is 0.420. The number of aromatic nitrogens is 6. The number of rotatable bonds is 8. The zero-order valence-corrected chi connectivity index (χ0v) is 30.3. The predicted octanol–water partition coefficient (Wildman–Crippen LogP) is 11.6. The maximum atomic E-state index is 5.04. The summed E-state index contributed by atoms with van der Waals surface area (Å²) in [6, 6.07) is 56.1. The van der Waals surface area contributed by atoms with Gasteiger partial charge in [-0.25, -0.2) is 29.9 Å². The first-order valence-corrected chi connectivity index (χ1v) is 19.2. The van der Waals surface area contributed by atoms with Gasteiger partial charge in [0.25, 0.3) is 0 Å². The molecule has 0 amide bonds. The molecule has 2 aliphatic carbocycles. The molecule has 6 nitrogen and oxygen atoms in total. The van der Waals surface area contributed by atoms with E-state index in [-0.39, 0.29) is 0 Å². The van der Waals surface area contributed by atoms with Crippen LogP contribution in [0.5, 0.6) is 0 Å². The molecule has 8 aromatic rings. The summed E-state index contributed by atoms with van der Waals surface area (Å²) < 4.78 is 0. The van der Waals surface area contributed by atoms with E-state index in [1.807, 2.05) is 78.9 Å². The molecule has 2 aliphatic rings. The van der Waals surface area contributed by atoms with Gasteiger partial charge in [0, 0.05) is 33.4 Å². The summed E-state index contributed by atoms with van der Waals surface area (Å²) in [7, 11) is 0. The highest BCUT2D eigenvalue weighted by Crippen LogP contribution is 2.53. The second-order valence-electron chi connectivity index (χ2n) is 14.8. The zero-order chi connectivity index (χ0) is 36.6. The predicted molar refractivity (Wildman–Crippen MR) is 219 cm³/mol. The molecule has 2 aromatic heterocycles. The van der Waals surface area contributed by atoms with Gasteiger partial charge in [-0.15, -0.1) is 0 Å². The van der Waals surface area contributed by atoms with Crippen molar-refractivity contribution in [3.05, 3.63) is 169 Å². The van der Waals surface area contributed by atoms with E-state index in [0.717, 1.165) is 56.3 Å². The van der Waals surface area contributed by atoms with Gasteiger partial charge in [-0.05, 0) is 59.8 Å². The normalized spacial score (nSPS) is 17.3. The van der Waals surface area contributed by atoms with Crippen molar-refractivity contribution in [2.45, 2.75) is 31.6 Å². The summed E-state index contributed by atoms with van der Waals surface area (Å²) in [5.41, 5.74) is 9.28. The van der Waals surface area contributed by atoms with Crippen molar-refractivity contribution in [1.82, 2.24) is 29.9 Å². The lowest BCUT2D eigenvalue weighted by Gasteiger charge is -2.22. The fraction of sp³-hybridized carbons (Fsp3) is 0.143. The lowest BCUT2D eigenvalue weighted by Crippen LogP contribution is -2.08. The first-order chi connectivity index (χ1) is 27.2. The van der Waals surface area contributed by atoms with Crippen LogP contribution in [0.4, 0.5) is 0 Å². The molecule has 2 saturated carbocycles. The van der Waals surface area contributed by atoms with Crippen molar-refractivity contribution in [3.63, 3.8) is 0 Å². The molecule has 0 N–H and O–H groups in total. The molecule has 2 fully saturated rings. The molecule has 0 saturated heterocycles. The Morgan fingerprint density at radius 2 is 0.691 bits per heavy atom. The van der Waals surface area contributed by atoms with E-state index in [0.29, 0.717) is 40.9 Å². The fourth-order valence-corrected chi connectivity index (χ4v) is 8.47. The second kappa shape index (κ2) is 14.3. The standard InChI is InChI=1S/C49H38N6/c1-4-11-35(12-5-1)44-51-47(53-48(52-44)39-27-23-34(24-28-39)43-30-32-19-20-41(43)29-32)38-25-21-33(22-26-38)40-17-10-18-42(31-40)49-54-45(36-13-6-2-7-14-36)50-46(55-49)37-15-8-3-9-16-37/h1-18,21-28,31-32,41,43H,19-20,29-30H2. The molecule has 10 rings (SSSR count). The summed E-state index contributed by atoms with van der Waals surface area (Å²) in [4.78, 5) is 29.8. The Balaban J connectivity index is 0.976. The molecule has 6 heteroatoms. The van der Waals surface area contributed by atoms with Crippen LogP contribution in [0, 0.1) is 11.8 Å². The van der Waals surface area contributed by atoms with Crippen LogP contribution in [0.25, 0.3) is 79.5 Å². The molecule has 0 spiro atoms. The Hall–Kier alpha value is -6.66. The summed E-state index contributed by atoms with van der Waals surface area (Å²) in [6.07, 6.45) is 5.52. The Labute approximate surface area is 321 Å². The molecule has 0 aliphatic heterocycles. The van der Waals surface area contributed by atoms with Crippen molar-refractivity contribution in [3.8, 4) is 79.5 Å². The van der Waals surface area contributed by atoms with Gasteiger partial charge in [0.1, 0.15) is 0 Å². The molecule has 264 valence electrons. The average molecular weight is 711 g/mol. The summed E-state index contributed by atoms with van der Waals surface area (Å²) in [6.45, 7) is 0. The Morgan fingerprint density at radius 3 is 1.13 bits per heavy atom. The van der Waals surface area contributed by atoms with Gasteiger partial charge in [0.15, 0.2) is 34.9 Å². The third-order valence-electron chi connectivity index (χ3n) is 11.3. The highest BCUT2D eigenvalue weighted by Gasteiger charge is 2.40. The van der Waals surface area contributed by atoms with Crippen LogP contribution in [0.2, 0.25) is 0 Å². The number of benzene rings is 6. The second-order valence-corrected chi connectivity index (χ2v) is 14.8. The van der Waals surface area contributed by atoms with Crippen LogP contribution < -0.4 is 0 Å². The van der Waals surface area contributed by atoms with E-state index in [1.165, 1.54) is 31.2 Å². The van der Waals surface area contributed by atoms with E-state index < -0.39 is 0 Å². The summed E-state index contributed by atoms with van der Waals surface area (Å²) in [5.74, 6) is 6.36. The highest BCUT2D eigenvalue weighted by atomic mass is 15.0. The SMILES string of the molecule is c1ccc(-c2nc(-c3ccc(-c4cccc(-c5nc(-c6ccccc6)nc(-c6ccccc6)n5)c4)cc3)nc(-c3ccc(C4CC5CCC4C5)cc3)n2)cc1. The molecule has 2 heterocycles. The first-order valence-electron chi connectivity index (χ1n) is 19.2. The van der Waals surface area contributed by atoms with Crippen LogP contribution in [0.1, 0.15) is 37.2 Å². The minimum atomic E-state index is 0.626. The molecular weight excluding hydrogens is 673 g/mol. The molecule has 6 aromatic carbocycles. The van der Waals surface area contributed by atoms with Crippen LogP contribution in [0.3, 0.4) is 0 Å². The fourth-order valence-electron chi connectivity index (χ4n) is 8.47. The van der Waals surface area contributed by atoms with E-state index in [2.05, 4.69) is 84.9 Å². The van der Waals surface area contributed by atoms with Crippen LogP contribution in [0.15, 0.2) is 164 Å². The third-order valence-corrected chi connectivity index (χ3v) is 11.3. The van der Waals surface area contributed by atoms with E-state index in [9.17, 15) is 0 Å². The van der Waals surface area contributed by atoms with E-state index >= 15 is 0 Å². The topological polar surface area (TPSA) is 77.3 Å². The Bertz CT molecular complexity index is 2530. The van der Waals surface area contributed by atoms with Crippen LogP contribution >= 0.6 is 0 Å². The van der Waals surface area contributed by atoms with Gasteiger partial charge in [0.2, 0.25) is 0 Å². The quantitative estimate of drug-likeness (QED) is 0.156. The first kappa shape index (κ1) is 32.9. The monoisotopic (exact) mass is 710 g/mol. The average Bonchev–Trinajstić information content (AvgIpc) is 3.92. The number of nitrogens with zero attached hydrogens (tertiary/aromatic N) is 6. The van der Waals surface area contributed by atoms with Crippen LogP contribution in [-0.2, 0) is 0 Å². The van der Waals surface area contributed by atoms with Crippen molar-refractivity contribution in [2.24, 2.45) is 11.8 Å². The lowest BCUT2D eigenvalue weighted by atomic mass is 9.83. The maximum absolute atomic E-state index is 5.04. The van der Waals surface area contributed by atoms with Gasteiger partial charge < -0.3 is 0 Å². The summed E-state index contributed by atoms with van der Waals surface area (Å²) in [5, 5.41) is 0. The van der Waals surface area contributed by atoms with Crippen LogP contribution in [-0.4, -0.2) is 29.9 Å². The molecule has 55 heavy (non-hydrogen) atoms. The molecule has 2 bridgehead atoms. The van der Waals surface area contributed by atoms with Crippen molar-refractivity contribution in [2.75, 3.05) is 0 Å². The summed E-state index contributed by atoms with van der Waals surface area (Å²) >= 11 is 0. The van der Waals surface area contributed by atoms with Crippen molar-refractivity contribution in [1.29, 1.82) is 0 Å². The Kier molecular flexibility index (Phi) is 8.56. The maximum Gasteiger partial charge on any atom is 0.164 e. The third kappa shape index (κ3) is 6.72. The smallest absolute Gasteiger partial charge is 0.164 e. The van der Waals surface area contributed by atoms with Gasteiger partial charge in [-0.3, -0.25) is 0 Å². The van der Waals surface area contributed by atoms with Gasteiger partial charge in [0.05, 0.1) is 0 Å². The number of hydrogen-bond acceptors (Lipinski definition) is 6. The molecule has 3 unspecified atom stereocenters. The Morgan fingerprint density at radius 1 is 0.309 bits per heavy atom. The number of fused-ring (bicyclic) bond motifs is 2. The highest BCUT2D eigenvalue weighted by molar-refractivity contribution is 5.75. The zero-order valence-electron chi connectivity index (χ0n) is 30.3. The van der Waals surface area contributed by atoms with Gasteiger partial charge in [-0.1, -0.05) is 164 Å². The minimum Gasteiger partial charge on any atom is -0.208 e. The molecule has 0 radical (unpaired) electrons. The molecule has 3 atom stereocenters. The van der Waals surface area contributed by atoms with Crippen molar-refractivity contribution < 1.29 is 0 Å². The van der Waals surface area contributed by atoms with Gasteiger partial charge >= 0.3 is 0 Å². The minimum absolute atomic E-state index is 0.626. The molecular formula is C49H38N6. The largest absolute Gasteiger partial charge is 0.208 e. The van der Waals surface area contributed by atoms with Gasteiger partial charge in [-0.2, -0.15) is 0 Å². The van der Waals surface area contributed by atoms with E-state index in [4.69, 9.17) is 29.9 Å². The number of hydrogen-bond donors (Lipinski definition) is 0.